The van der Waals surface area contributed by atoms with Crippen LogP contribution in [0.3, 0.4) is 0 Å². The topological polar surface area (TPSA) is 34.9 Å². The Balaban J connectivity index is 2.12. The Kier molecular flexibility index (Phi) is 3.57. The minimum atomic E-state index is 0.672. The summed E-state index contributed by atoms with van der Waals surface area (Å²) in [4.78, 5) is 14.7. The van der Waals surface area contributed by atoms with Crippen molar-refractivity contribution < 1.29 is 4.79 Å². The van der Waals surface area contributed by atoms with Gasteiger partial charge >= 0.3 is 0 Å². The van der Waals surface area contributed by atoms with Gasteiger partial charge in [0.05, 0.1) is 11.0 Å². The SMILES string of the molecule is Cc1nc2cc(CCCCC=O)ccc2n1C. The predicted molar refractivity (Wildman–Crippen MR) is 69.1 cm³/mol. The normalized spacial score (nSPS) is 10.9. The van der Waals surface area contributed by atoms with Gasteiger partial charge in [0, 0.05) is 13.5 Å². The second kappa shape index (κ2) is 5.13. The Hall–Kier alpha value is -1.64. The molecule has 0 aliphatic carbocycles. The second-order valence-corrected chi connectivity index (χ2v) is 4.45. The highest BCUT2D eigenvalue weighted by atomic mass is 16.1. The average molecular weight is 230 g/mol. The average Bonchev–Trinajstić information content (AvgIpc) is 2.61. The number of imidazole rings is 1. The van der Waals surface area contributed by atoms with Gasteiger partial charge in [-0.2, -0.15) is 0 Å². The van der Waals surface area contributed by atoms with Gasteiger partial charge in [0.15, 0.2) is 0 Å². The molecule has 0 atom stereocenters. The lowest BCUT2D eigenvalue weighted by atomic mass is 10.1. The maximum absolute atomic E-state index is 10.2. The second-order valence-electron chi connectivity index (χ2n) is 4.45. The number of fused-ring (bicyclic) bond motifs is 1. The summed E-state index contributed by atoms with van der Waals surface area (Å²) in [5.74, 6) is 1.04. The zero-order valence-electron chi connectivity index (χ0n) is 10.4. The number of nitrogens with zero attached hydrogens (tertiary/aromatic N) is 2. The lowest BCUT2D eigenvalue weighted by Crippen LogP contribution is -1.90. The Morgan fingerprint density at radius 1 is 1.35 bits per heavy atom. The van der Waals surface area contributed by atoms with Crippen molar-refractivity contribution in [2.24, 2.45) is 7.05 Å². The van der Waals surface area contributed by atoms with E-state index in [1.165, 1.54) is 11.1 Å². The van der Waals surface area contributed by atoms with Crippen LogP contribution in [0.5, 0.6) is 0 Å². The number of aromatic nitrogens is 2. The third-order valence-corrected chi connectivity index (χ3v) is 3.21. The summed E-state index contributed by atoms with van der Waals surface area (Å²) >= 11 is 0. The van der Waals surface area contributed by atoms with Crippen molar-refractivity contribution in [2.45, 2.75) is 32.6 Å². The Morgan fingerprint density at radius 3 is 2.94 bits per heavy atom. The van der Waals surface area contributed by atoms with Crippen molar-refractivity contribution in [3.8, 4) is 0 Å². The summed E-state index contributed by atoms with van der Waals surface area (Å²) in [5.41, 5.74) is 3.55. The highest BCUT2D eigenvalue weighted by Gasteiger charge is 2.04. The van der Waals surface area contributed by atoms with E-state index in [9.17, 15) is 4.79 Å². The van der Waals surface area contributed by atoms with Crippen LogP contribution in [-0.2, 0) is 18.3 Å². The molecule has 0 radical (unpaired) electrons. The van der Waals surface area contributed by atoms with E-state index in [4.69, 9.17) is 0 Å². The van der Waals surface area contributed by atoms with Crippen LogP contribution >= 0.6 is 0 Å². The van der Waals surface area contributed by atoms with Gasteiger partial charge in [0.25, 0.3) is 0 Å². The molecule has 0 amide bonds. The van der Waals surface area contributed by atoms with Gasteiger partial charge in [0.1, 0.15) is 12.1 Å². The molecule has 0 bridgehead atoms. The summed E-state index contributed by atoms with van der Waals surface area (Å²) in [6.45, 7) is 2.02. The molecule has 0 aliphatic heterocycles. The predicted octanol–water partition coefficient (Wildman–Crippen LogP) is 2.79. The summed E-state index contributed by atoms with van der Waals surface area (Å²) in [7, 11) is 2.04. The Morgan fingerprint density at radius 2 is 2.18 bits per heavy atom. The van der Waals surface area contributed by atoms with E-state index in [1.54, 1.807) is 0 Å². The number of carbonyl (C=O) groups is 1. The van der Waals surface area contributed by atoms with Crippen molar-refractivity contribution in [3.63, 3.8) is 0 Å². The van der Waals surface area contributed by atoms with E-state index in [1.807, 2.05) is 14.0 Å². The molecular weight excluding hydrogens is 212 g/mol. The molecule has 1 heterocycles. The standard InChI is InChI=1S/C14H18N2O/c1-11-15-13-10-12(6-4-3-5-9-17)7-8-14(13)16(11)2/h7-10H,3-6H2,1-2H3. The molecule has 0 N–H and O–H groups in total. The highest BCUT2D eigenvalue weighted by molar-refractivity contribution is 5.76. The van der Waals surface area contributed by atoms with Gasteiger partial charge < -0.3 is 9.36 Å². The number of rotatable bonds is 5. The molecule has 2 aromatic rings. The fraction of sp³-hybridized carbons (Fsp3) is 0.429. The fourth-order valence-corrected chi connectivity index (χ4v) is 2.08. The van der Waals surface area contributed by atoms with E-state index < -0.39 is 0 Å². The maximum atomic E-state index is 10.2. The zero-order chi connectivity index (χ0) is 12.3. The van der Waals surface area contributed by atoms with Gasteiger partial charge in [-0.05, 0) is 43.9 Å². The fourth-order valence-electron chi connectivity index (χ4n) is 2.08. The van der Waals surface area contributed by atoms with Crippen LogP contribution in [0.25, 0.3) is 11.0 Å². The maximum Gasteiger partial charge on any atom is 0.119 e. The van der Waals surface area contributed by atoms with Gasteiger partial charge in [-0.25, -0.2) is 4.98 Å². The van der Waals surface area contributed by atoms with Crippen molar-refractivity contribution in [1.29, 1.82) is 0 Å². The van der Waals surface area contributed by atoms with Gasteiger partial charge in [-0.3, -0.25) is 0 Å². The first-order chi connectivity index (χ1) is 8.22. The number of aldehydes is 1. The quantitative estimate of drug-likeness (QED) is 0.584. The molecule has 90 valence electrons. The van der Waals surface area contributed by atoms with Crippen LogP contribution in [0.15, 0.2) is 18.2 Å². The minimum Gasteiger partial charge on any atom is -0.331 e. The van der Waals surface area contributed by atoms with Gasteiger partial charge in [-0.1, -0.05) is 6.07 Å². The first-order valence-electron chi connectivity index (χ1n) is 6.08. The lowest BCUT2D eigenvalue weighted by molar-refractivity contribution is -0.107. The van der Waals surface area contributed by atoms with Crippen molar-refractivity contribution in [2.75, 3.05) is 0 Å². The van der Waals surface area contributed by atoms with E-state index in [-0.39, 0.29) is 0 Å². The number of carbonyl (C=O) groups excluding carboxylic acids is 1. The molecule has 0 unspecified atom stereocenters. The third kappa shape index (κ3) is 2.54. The minimum absolute atomic E-state index is 0.672. The summed E-state index contributed by atoms with van der Waals surface area (Å²) in [5, 5.41) is 0. The first-order valence-corrected chi connectivity index (χ1v) is 6.08. The number of aryl methyl sites for hydroxylation is 3. The highest BCUT2D eigenvalue weighted by Crippen LogP contribution is 2.17. The molecule has 0 aliphatic rings. The molecule has 1 aromatic carbocycles. The van der Waals surface area contributed by atoms with Crippen LogP contribution in [0.1, 0.15) is 30.7 Å². The molecule has 1 aromatic heterocycles. The third-order valence-electron chi connectivity index (χ3n) is 3.21. The lowest BCUT2D eigenvalue weighted by Gasteiger charge is -2.01. The van der Waals surface area contributed by atoms with Crippen molar-refractivity contribution in [1.82, 2.24) is 9.55 Å². The molecule has 0 fully saturated rings. The van der Waals surface area contributed by atoms with Crippen LogP contribution in [-0.4, -0.2) is 15.8 Å². The molecule has 3 heteroatoms. The number of hydrogen-bond acceptors (Lipinski definition) is 2. The summed E-state index contributed by atoms with van der Waals surface area (Å²) < 4.78 is 2.10. The molecule has 2 rings (SSSR count). The molecule has 17 heavy (non-hydrogen) atoms. The van der Waals surface area contributed by atoms with Crippen LogP contribution in [0, 0.1) is 6.92 Å². The van der Waals surface area contributed by atoms with Gasteiger partial charge in [0.2, 0.25) is 0 Å². The molecule has 3 nitrogen and oxygen atoms in total. The smallest absolute Gasteiger partial charge is 0.119 e. The number of hydrogen-bond donors (Lipinski definition) is 0. The first kappa shape index (κ1) is 11.8. The summed E-state index contributed by atoms with van der Waals surface area (Å²) in [6, 6.07) is 6.44. The van der Waals surface area contributed by atoms with E-state index in [0.717, 1.165) is 36.9 Å². The zero-order valence-corrected chi connectivity index (χ0v) is 10.4. The van der Waals surface area contributed by atoms with Crippen molar-refractivity contribution in [3.05, 3.63) is 29.6 Å². The number of unbranched alkanes of at least 4 members (excludes halogenated alkanes) is 2. The Labute approximate surface area is 101 Å². The van der Waals surface area contributed by atoms with E-state index >= 15 is 0 Å². The van der Waals surface area contributed by atoms with E-state index in [2.05, 4.69) is 27.8 Å². The molecular formula is C14H18N2O. The van der Waals surface area contributed by atoms with Crippen LogP contribution in [0.4, 0.5) is 0 Å². The van der Waals surface area contributed by atoms with E-state index in [0.29, 0.717) is 6.42 Å². The largest absolute Gasteiger partial charge is 0.331 e. The molecule has 0 spiro atoms. The van der Waals surface area contributed by atoms with Gasteiger partial charge in [-0.15, -0.1) is 0 Å². The molecule has 0 saturated carbocycles. The Bertz CT molecular complexity index is 528. The monoisotopic (exact) mass is 230 g/mol. The van der Waals surface area contributed by atoms with Crippen molar-refractivity contribution >= 4 is 17.3 Å². The summed E-state index contributed by atoms with van der Waals surface area (Å²) in [6.07, 6.45) is 4.73. The van der Waals surface area contributed by atoms with Crippen LogP contribution in [0.2, 0.25) is 0 Å². The molecule has 0 saturated heterocycles. The van der Waals surface area contributed by atoms with Crippen LogP contribution < -0.4 is 0 Å². The number of benzene rings is 1.